The number of ether oxygens (including phenoxy) is 1. The second-order valence-corrected chi connectivity index (χ2v) is 10.0. The summed E-state index contributed by atoms with van der Waals surface area (Å²) in [6.45, 7) is 2.07. The molecule has 3 nitrogen and oxygen atoms in total. The summed E-state index contributed by atoms with van der Waals surface area (Å²) < 4.78 is 32.5. The van der Waals surface area contributed by atoms with Crippen LogP contribution in [-0.4, -0.2) is 15.5 Å². The minimum absolute atomic E-state index is 0.119. The summed E-state index contributed by atoms with van der Waals surface area (Å²) >= 11 is 0. The summed E-state index contributed by atoms with van der Waals surface area (Å²) in [5, 5.41) is 0. The Morgan fingerprint density at radius 1 is 0.793 bits per heavy atom. The molecule has 0 aromatic heterocycles. The van der Waals surface area contributed by atoms with Crippen molar-refractivity contribution in [2.45, 2.75) is 17.1 Å². The van der Waals surface area contributed by atoms with Crippen molar-refractivity contribution < 1.29 is 13.2 Å². The first-order valence-electron chi connectivity index (χ1n) is 9.70. The number of benzene rings is 3. The molecule has 4 heteroatoms. The van der Waals surface area contributed by atoms with Gasteiger partial charge < -0.3 is 4.74 Å². The van der Waals surface area contributed by atoms with E-state index in [1.165, 1.54) is 0 Å². The van der Waals surface area contributed by atoms with E-state index in [0.29, 0.717) is 4.91 Å². The molecule has 1 aliphatic heterocycles. The molecule has 0 saturated heterocycles. The minimum atomic E-state index is -3.60. The standard InChI is InChI=1S/C25H22O3S/c1-24(19-13-15-21(28-2)16-14-19)23-17-22(18-9-5-3-6-10-18)29(26,27)25(23,24)20-11-7-4-8-12-20/h3-17,23H,1-2H3/t23-,24+,25-/m0/s1. The van der Waals surface area contributed by atoms with Gasteiger partial charge in [0.05, 0.1) is 12.0 Å². The Bertz CT molecular complexity index is 1200. The molecule has 0 amide bonds. The zero-order valence-corrected chi connectivity index (χ0v) is 17.2. The van der Waals surface area contributed by atoms with Crippen LogP contribution in [0, 0.1) is 5.92 Å². The molecule has 0 spiro atoms. The molecule has 0 bridgehead atoms. The average Bonchev–Trinajstić information content (AvgIpc) is 3.22. The smallest absolute Gasteiger partial charge is 0.190 e. The molecule has 1 aliphatic carbocycles. The van der Waals surface area contributed by atoms with Gasteiger partial charge in [-0.3, -0.25) is 0 Å². The lowest BCUT2D eigenvalue weighted by atomic mass is 9.91. The number of sulfone groups is 1. The molecule has 3 atom stereocenters. The van der Waals surface area contributed by atoms with Crippen molar-refractivity contribution in [2.75, 3.05) is 7.11 Å². The van der Waals surface area contributed by atoms with Crippen LogP contribution in [0.3, 0.4) is 0 Å². The van der Waals surface area contributed by atoms with Crippen LogP contribution in [0.2, 0.25) is 0 Å². The van der Waals surface area contributed by atoms with E-state index in [9.17, 15) is 8.42 Å². The molecule has 5 rings (SSSR count). The first kappa shape index (κ1) is 18.2. The Balaban J connectivity index is 1.73. The lowest BCUT2D eigenvalue weighted by Gasteiger charge is -2.25. The monoisotopic (exact) mass is 402 g/mol. The lowest BCUT2D eigenvalue weighted by molar-refractivity contribution is 0.414. The molecule has 1 fully saturated rings. The number of methoxy groups -OCH3 is 1. The molecule has 3 aromatic carbocycles. The van der Waals surface area contributed by atoms with Gasteiger partial charge >= 0.3 is 0 Å². The van der Waals surface area contributed by atoms with Crippen LogP contribution in [-0.2, 0) is 20.0 Å². The van der Waals surface area contributed by atoms with E-state index in [0.717, 1.165) is 22.4 Å². The molecule has 0 unspecified atom stereocenters. The number of allylic oxidation sites excluding steroid dienone is 1. The van der Waals surface area contributed by atoms with E-state index in [4.69, 9.17) is 4.74 Å². The molecule has 0 N–H and O–H groups in total. The van der Waals surface area contributed by atoms with E-state index < -0.39 is 20.0 Å². The quantitative estimate of drug-likeness (QED) is 0.620. The minimum Gasteiger partial charge on any atom is -0.497 e. The Morgan fingerprint density at radius 2 is 1.38 bits per heavy atom. The van der Waals surface area contributed by atoms with E-state index in [1.807, 2.05) is 91.0 Å². The molecule has 0 radical (unpaired) electrons. The third-order valence-electron chi connectivity index (χ3n) is 6.73. The Morgan fingerprint density at radius 3 is 1.97 bits per heavy atom. The lowest BCUT2D eigenvalue weighted by Crippen LogP contribution is -2.29. The third kappa shape index (κ3) is 2.15. The van der Waals surface area contributed by atoms with Gasteiger partial charge in [-0.05, 0) is 28.8 Å². The normalized spacial score (nSPS) is 29.0. The van der Waals surface area contributed by atoms with Crippen LogP contribution in [0.15, 0.2) is 91.0 Å². The van der Waals surface area contributed by atoms with Gasteiger partial charge in [0, 0.05) is 11.3 Å². The van der Waals surface area contributed by atoms with E-state index >= 15 is 0 Å². The fourth-order valence-corrected chi connectivity index (χ4v) is 8.21. The van der Waals surface area contributed by atoms with E-state index in [2.05, 4.69) is 6.92 Å². The van der Waals surface area contributed by atoms with Crippen LogP contribution in [0.1, 0.15) is 23.6 Å². The molecule has 29 heavy (non-hydrogen) atoms. The first-order chi connectivity index (χ1) is 14.0. The van der Waals surface area contributed by atoms with Crippen molar-refractivity contribution in [1.82, 2.24) is 0 Å². The molecular formula is C25H22O3S. The van der Waals surface area contributed by atoms with Gasteiger partial charge in [-0.15, -0.1) is 0 Å². The molecule has 3 aromatic rings. The maximum atomic E-state index is 14.1. The van der Waals surface area contributed by atoms with Gasteiger partial charge in [-0.25, -0.2) is 8.42 Å². The fourth-order valence-electron chi connectivity index (χ4n) is 5.27. The number of fused-ring (bicyclic) bond motifs is 1. The average molecular weight is 403 g/mol. The SMILES string of the molecule is COc1ccc([C@]2(C)[C@@H]3C=C(c4ccccc4)S(=O)(=O)[C@@]32c2ccccc2)cc1. The van der Waals surface area contributed by atoms with Crippen molar-refractivity contribution >= 4 is 14.7 Å². The van der Waals surface area contributed by atoms with Gasteiger partial charge in [0.15, 0.2) is 9.84 Å². The van der Waals surface area contributed by atoms with Crippen molar-refractivity contribution in [3.8, 4) is 5.75 Å². The number of rotatable bonds is 4. The largest absolute Gasteiger partial charge is 0.497 e. The first-order valence-corrected chi connectivity index (χ1v) is 11.2. The Labute approximate surface area is 171 Å². The van der Waals surface area contributed by atoms with Crippen LogP contribution < -0.4 is 4.74 Å². The highest BCUT2D eigenvalue weighted by Gasteiger charge is 2.84. The summed E-state index contributed by atoms with van der Waals surface area (Å²) in [4.78, 5) is 0.443. The van der Waals surface area contributed by atoms with Crippen molar-refractivity contribution in [2.24, 2.45) is 5.92 Å². The summed E-state index contributed by atoms with van der Waals surface area (Å²) in [6, 6.07) is 26.9. The maximum Gasteiger partial charge on any atom is 0.190 e. The fraction of sp³-hybridized carbons (Fsp3) is 0.200. The van der Waals surface area contributed by atoms with Crippen LogP contribution in [0.4, 0.5) is 0 Å². The second-order valence-electron chi connectivity index (χ2n) is 7.91. The van der Waals surface area contributed by atoms with Crippen LogP contribution in [0.25, 0.3) is 4.91 Å². The Kier molecular flexibility index (Phi) is 3.81. The van der Waals surface area contributed by atoms with Gasteiger partial charge in [0.1, 0.15) is 10.5 Å². The summed E-state index contributed by atoms with van der Waals surface area (Å²) in [5.74, 6) is 0.645. The summed E-state index contributed by atoms with van der Waals surface area (Å²) in [5.41, 5.74) is 2.09. The predicted molar refractivity (Wildman–Crippen MR) is 115 cm³/mol. The highest BCUT2D eigenvalue weighted by Crippen LogP contribution is 2.78. The van der Waals surface area contributed by atoms with E-state index in [-0.39, 0.29) is 5.92 Å². The second kappa shape index (κ2) is 6.07. The van der Waals surface area contributed by atoms with Crippen molar-refractivity contribution in [1.29, 1.82) is 0 Å². The third-order valence-corrected chi connectivity index (χ3v) is 9.44. The van der Waals surface area contributed by atoms with Crippen LogP contribution in [0.5, 0.6) is 5.75 Å². The molecule has 1 heterocycles. The summed E-state index contributed by atoms with van der Waals surface area (Å²) in [7, 11) is -1.97. The van der Waals surface area contributed by atoms with Gasteiger partial charge in [0.2, 0.25) is 0 Å². The Hall–Kier alpha value is -2.85. The highest BCUT2D eigenvalue weighted by atomic mass is 32.2. The molecule has 1 saturated carbocycles. The van der Waals surface area contributed by atoms with Gasteiger partial charge in [-0.1, -0.05) is 85.8 Å². The van der Waals surface area contributed by atoms with E-state index in [1.54, 1.807) is 7.11 Å². The molecular weight excluding hydrogens is 380 g/mol. The molecule has 2 aliphatic rings. The van der Waals surface area contributed by atoms with Crippen molar-refractivity contribution in [3.05, 3.63) is 108 Å². The zero-order valence-electron chi connectivity index (χ0n) is 16.4. The maximum absolute atomic E-state index is 14.1. The van der Waals surface area contributed by atoms with Gasteiger partial charge in [0.25, 0.3) is 0 Å². The zero-order chi connectivity index (χ0) is 20.3. The highest BCUT2D eigenvalue weighted by molar-refractivity contribution is 8.02. The van der Waals surface area contributed by atoms with Gasteiger partial charge in [-0.2, -0.15) is 0 Å². The predicted octanol–water partition coefficient (Wildman–Crippen LogP) is 4.95. The number of hydrogen-bond acceptors (Lipinski definition) is 3. The topological polar surface area (TPSA) is 43.4 Å². The number of hydrogen-bond donors (Lipinski definition) is 0. The molecule has 146 valence electrons. The van der Waals surface area contributed by atoms with Crippen molar-refractivity contribution in [3.63, 3.8) is 0 Å². The van der Waals surface area contributed by atoms with Crippen LogP contribution >= 0.6 is 0 Å². The summed E-state index contributed by atoms with van der Waals surface area (Å²) in [6.07, 6.45) is 1.97.